The van der Waals surface area contributed by atoms with Crippen molar-refractivity contribution in [1.82, 2.24) is 30.4 Å². The fourth-order valence-corrected chi connectivity index (χ4v) is 3.06. The monoisotopic (exact) mass is 351 g/mol. The largest absolute Gasteiger partial charge is 0.369 e. The molecule has 0 spiro atoms. The third kappa shape index (κ3) is 3.70. The van der Waals surface area contributed by atoms with Crippen molar-refractivity contribution in [3.8, 4) is 11.5 Å². The Kier molecular flexibility index (Phi) is 4.83. The van der Waals surface area contributed by atoms with Gasteiger partial charge in [0.25, 0.3) is 0 Å². The first-order valence-electron chi connectivity index (χ1n) is 8.84. The summed E-state index contributed by atoms with van der Waals surface area (Å²) in [5.74, 6) is 2.80. The lowest BCUT2D eigenvalue weighted by molar-refractivity contribution is 0.381. The third-order valence-corrected chi connectivity index (χ3v) is 4.29. The molecular formula is C18H21N7O. The Hall–Kier alpha value is -2.87. The Morgan fingerprint density at radius 1 is 1.15 bits per heavy atom. The summed E-state index contributed by atoms with van der Waals surface area (Å²) in [4.78, 5) is 17.8. The van der Waals surface area contributed by atoms with Gasteiger partial charge in [-0.15, -0.1) is 0 Å². The smallest absolute Gasteiger partial charge is 0.228 e. The second-order valence-electron chi connectivity index (χ2n) is 6.20. The van der Waals surface area contributed by atoms with Gasteiger partial charge in [0.05, 0.1) is 5.69 Å². The van der Waals surface area contributed by atoms with Crippen molar-refractivity contribution in [3.63, 3.8) is 0 Å². The summed E-state index contributed by atoms with van der Waals surface area (Å²) in [6, 6.07) is 5.62. The molecule has 4 rings (SSSR count). The van der Waals surface area contributed by atoms with Crippen LogP contribution < -0.4 is 10.6 Å². The summed E-state index contributed by atoms with van der Waals surface area (Å²) in [5.41, 5.74) is 3.06. The molecule has 3 aromatic rings. The number of aryl methyl sites for hydroxylation is 1. The van der Waals surface area contributed by atoms with E-state index in [2.05, 4.69) is 35.7 Å². The topological polar surface area (TPSA) is 102 Å². The number of nitrogens with zero attached hydrogens (tertiary/aromatic N) is 5. The van der Waals surface area contributed by atoms with Crippen LogP contribution in [-0.2, 0) is 19.3 Å². The number of hydrogen-bond donors (Lipinski definition) is 2. The molecule has 3 aromatic heterocycles. The maximum Gasteiger partial charge on any atom is 0.228 e. The Balaban J connectivity index is 1.43. The van der Waals surface area contributed by atoms with Crippen LogP contribution in [-0.4, -0.2) is 44.7 Å². The molecule has 1 aliphatic heterocycles. The van der Waals surface area contributed by atoms with Gasteiger partial charge in [-0.25, -0.2) is 9.97 Å². The molecule has 0 bridgehead atoms. The fraction of sp³-hybridized carbons (Fsp3) is 0.389. The molecule has 134 valence electrons. The van der Waals surface area contributed by atoms with Gasteiger partial charge >= 0.3 is 0 Å². The molecule has 1 aliphatic rings. The summed E-state index contributed by atoms with van der Waals surface area (Å²) >= 11 is 0. The predicted octanol–water partition coefficient (Wildman–Crippen LogP) is 1.57. The molecule has 0 radical (unpaired) electrons. The van der Waals surface area contributed by atoms with Crippen LogP contribution in [0.3, 0.4) is 0 Å². The molecule has 0 saturated heterocycles. The summed E-state index contributed by atoms with van der Waals surface area (Å²) < 4.78 is 5.33. The van der Waals surface area contributed by atoms with Gasteiger partial charge in [0.15, 0.2) is 0 Å². The zero-order valence-electron chi connectivity index (χ0n) is 14.7. The van der Waals surface area contributed by atoms with E-state index in [0.29, 0.717) is 30.4 Å². The van der Waals surface area contributed by atoms with Crippen molar-refractivity contribution in [2.75, 3.05) is 25.0 Å². The van der Waals surface area contributed by atoms with Crippen LogP contribution in [0, 0.1) is 6.92 Å². The SMILES string of the molecule is Cc1nc2c(c(NCCc3nc(-c4ccccn4)no3)n1)CCNCC2. The van der Waals surface area contributed by atoms with E-state index >= 15 is 0 Å². The first kappa shape index (κ1) is 16.6. The van der Waals surface area contributed by atoms with Crippen LogP contribution >= 0.6 is 0 Å². The molecule has 0 saturated carbocycles. The molecule has 26 heavy (non-hydrogen) atoms. The summed E-state index contributed by atoms with van der Waals surface area (Å²) in [5, 5.41) is 10.8. The molecule has 8 heteroatoms. The van der Waals surface area contributed by atoms with E-state index in [4.69, 9.17) is 4.52 Å². The van der Waals surface area contributed by atoms with Gasteiger partial charge in [-0.2, -0.15) is 4.98 Å². The fourth-order valence-electron chi connectivity index (χ4n) is 3.06. The van der Waals surface area contributed by atoms with E-state index in [1.54, 1.807) is 6.20 Å². The molecule has 0 amide bonds. The number of hydrogen-bond acceptors (Lipinski definition) is 8. The molecule has 0 fully saturated rings. The van der Waals surface area contributed by atoms with Crippen molar-refractivity contribution >= 4 is 5.82 Å². The van der Waals surface area contributed by atoms with Crippen LogP contribution in [0.2, 0.25) is 0 Å². The molecule has 0 aliphatic carbocycles. The minimum atomic E-state index is 0.512. The Labute approximate surface area is 151 Å². The van der Waals surface area contributed by atoms with E-state index in [9.17, 15) is 0 Å². The van der Waals surface area contributed by atoms with E-state index in [1.807, 2.05) is 25.1 Å². The predicted molar refractivity (Wildman–Crippen MR) is 96.8 cm³/mol. The molecular weight excluding hydrogens is 330 g/mol. The summed E-state index contributed by atoms with van der Waals surface area (Å²) in [6.45, 7) is 4.51. The maximum atomic E-state index is 5.33. The number of pyridine rings is 1. The second-order valence-corrected chi connectivity index (χ2v) is 6.20. The minimum Gasteiger partial charge on any atom is -0.369 e. The highest BCUT2D eigenvalue weighted by Gasteiger charge is 2.16. The van der Waals surface area contributed by atoms with Crippen molar-refractivity contribution in [2.24, 2.45) is 0 Å². The van der Waals surface area contributed by atoms with Gasteiger partial charge in [-0.05, 0) is 32.0 Å². The number of rotatable bonds is 5. The average Bonchev–Trinajstić information content (AvgIpc) is 3.00. The zero-order chi connectivity index (χ0) is 17.8. The van der Waals surface area contributed by atoms with Crippen LogP contribution in [0.25, 0.3) is 11.5 Å². The number of fused-ring (bicyclic) bond motifs is 1. The van der Waals surface area contributed by atoms with E-state index in [1.165, 1.54) is 5.56 Å². The highest BCUT2D eigenvalue weighted by atomic mass is 16.5. The quantitative estimate of drug-likeness (QED) is 0.714. The van der Waals surface area contributed by atoms with E-state index < -0.39 is 0 Å². The lowest BCUT2D eigenvalue weighted by Crippen LogP contribution is -2.16. The number of anilines is 1. The average molecular weight is 351 g/mol. The van der Waals surface area contributed by atoms with E-state index in [0.717, 1.165) is 43.3 Å². The first-order chi connectivity index (χ1) is 12.8. The van der Waals surface area contributed by atoms with Crippen LogP contribution in [0.15, 0.2) is 28.9 Å². The van der Waals surface area contributed by atoms with Gasteiger partial charge in [-0.3, -0.25) is 4.98 Å². The molecule has 0 unspecified atom stereocenters. The van der Waals surface area contributed by atoms with Gasteiger partial charge in [-0.1, -0.05) is 11.2 Å². The Bertz CT molecular complexity index is 879. The number of nitrogens with one attached hydrogen (secondary N) is 2. The second kappa shape index (κ2) is 7.57. The molecule has 2 N–H and O–H groups in total. The number of aromatic nitrogens is 5. The normalized spacial score (nSPS) is 13.9. The highest BCUT2D eigenvalue weighted by Crippen LogP contribution is 2.19. The first-order valence-corrected chi connectivity index (χ1v) is 8.84. The van der Waals surface area contributed by atoms with Crippen LogP contribution in [0.5, 0.6) is 0 Å². The summed E-state index contributed by atoms with van der Waals surface area (Å²) in [6.07, 6.45) is 4.20. The summed E-state index contributed by atoms with van der Waals surface area (Å²) in [7, 11) is 0. The minimum absolute atomic E-state index is 0.512. The standard InChI is InChI=1S/C18H21N7O/c1-12-22-14-6-10-19-9-5-13(14)17(23-12)21-11-7-16-24-18(25-26-16)15-4-2-3-8-20-15/h2-4,8,19H,5-7,9-11H2,1H3,(H,21,22,23). The van der Waals surface area contributed by atoms with E-state index in [-0.39, 0.29) is 0 Å². The lowest BCUT2D eigenvalue weighted by atomic mass is 10.1. The zero-order valence-corrected chi connectivity index (χ0v) is 14.7. The molecule has 8 nitrogen and oxygen atoms in total. The van der Waals surface area contributed by atoms with Gasteiger partial charge in [0, 0.05) is 37.7 Å². The highest BCUT2D eigenvalue weighted by molar-refractivity contribution is 5.48. The molecule has 0 atom stereocenters. The van der Waals surface area contributed by atoms with Gasteiger partial charge in [0.2, 0.25) is 11.7 Å². The molecule has 0 aromatic carbocycles. The Morgan fingerprint density at radius 2 is 2.08 bits per heavy atom. The van der Waals surface area contributed by atoms with Gasteiger partial charge in [0.1, 0.15) is 17.3 Å². The van der Waals surface area contributed by atoms with Crippen LogP contribution in [0.1, 0.15) is 23.0 Å². The van der Waals surface area contributed by atoms with Crippen molar-refractivity contribution in [2.45, 2.75) is 26.2 Å². The lowest BCUT2D eigenvalue weighted by Gasteiger charge is -2.13. The van der Waals surface area contributed by atoms with Crippen molar-refractivity contribution < 1.29 is 4.52 Å². The molecule has 4 heterocycles. The maximum absolute atomic E-state index is 5.33. The van der Waals surface area contributed by atoms with Crippen LogP contribution in [0.4, 0.5) is 5.82 Å². The van der Waals surface area contributed by atoms with Gasteiger partial charge < -0.3 is 15.2 Å². The Morgan fingerprint density at radius 3 is 2.96 bits per heavy atom. The third-order valence-electron chi connectivity index (χ3n) is 4.29. The van der Waals surface area contributed by atoms with Crippen molar-refractivity contribution in [3.05, 3.63) is 47.4 Å². The van der Waals surface area contributed by atoms with Crippen molar-refractivity contribution in [1.29, 1.82) is 0 Å².